The summed E-state index contributed by atoms with van der Waals surface area (Å²) in [7, 11) is -1.82. The fourth-order valence-electron chi connectivity index (χ4n) is 0.998. The third-order valence-corrected chi connectivity index (χ3v) is 8.45. The number of hydrogen-bond donors (Lipinski definition) is 0. The molecule has 16 heavy (non-hydrogen) atoms. The van der Waals surface area contributed by atoms with Crippen molar-refractivity contribution in [3.05, 3.63) is 15.9 Å². The molecule has 0 aliphatic rings. The molecule has 0 aliphatic heterocycles. The van der Waals surface area contributed by atoms with Gasteiger partial charge >= 0.3 is 0 Å². The summed E-state index contributed by atoms with van der Waals surface area (Å²) in [5.74, 6) is 0. The lowest BCUT2D eigenvalue weighted by molar-refractivity contribution is 0.300. The second-order valence-electron chi connectivity index (χ2n) is 3.97. The van der Waals surface area contributed by atoms with Gasteiger partial charge in [0.1, 0.15) is 4.21 Å². The Morgan fingerprint density at radius 2 is 2.06 bits per heavy atom. The number of halogens is 2. The highest BCUT2D eigenvalue weighted by molar-refractivity contribution is 9.10. The van der Waals surface area contributed by atoms with Crippen molar-refractivity contribution in [2.45, 2.75) is 23.6 Å². The molecular weight excluding hydrogens is 378 g/mol. The van der Waals surface area contributed by atoms with Crippen LogP contribution >= 0.6 is 43.2 Å². The lowest BCUT2D eigenvalue weighted by Crippen LogP contribution is -2.46. The third-order valence-electron chi connectivity index (χ3n) is 2.36. The molecule has 0 radical (unpaired) electrons. The summed E-state index contributed by atoms with van der Waals surface area (Å²) in [6.07, 6.45) is 0. The average molecular weight is 391 g/mol. The summed E-state index contributed by atoms with van der Waals surface area (Å²) >= 11 is 7.80. The minimum atomic E-state index is -3.42. The normalized spacial score (nSPS) is 13.4. The summed E-state index contributed by atoms with van der Waals surface area (Å²) in [5.41, 5.74) is -0.456. The van der Waals surface area contributed by atoms with Crippen LogP contribution in [0, 0.1) is 0 Å². The highest BCUT2D eigenvalue weighted by Crippen LogP contribution is 2.32. The SMILES string of the molecule is CN(C(C)(C)CBr)S(=O)(=O)c1sccc1Br. The van der Waals surface area contributed by atoms with Crippen molar-refractivity contribution < 1.29 is 8.42 Å². The largest absolute Gasteiger partial charge is 0.253 e. The van der Waals surface area contributed by atoms with Crippen molar-refractivity contribution in [2.75, 3.05) is 12.4 Å². The second kappa shape index (κ2) is 5.06. The van der Waals surface area contributed by atoms with Crippen molar-refractivity contribution in [3.8, 4) is 0 Å². The molecule has 0 saturated heterocycles. The zero-order valence-electron chi connectivity index (χ0n) is 9.20. The molecule has 1 aromatic rings. The Balaban J connectivity index is 3.19. The van der Waals surface area contributed by atoms with E-state index in [2.05, 4.69) is 31.9 Å². The molecule has 0 spiro atoms. The Hall–Kier alpha value is 0.570. The van der Waals surface area contributed by atoms with Crippen molar-refractivity contribution in [1.29, 1.82) is 0 Å². The van der Waals surface area contributed by atoms with Crippen molar-refractivity contribution in [1.82, 2.24) is 4.31 Å². The van der Waals surface area contributed by atoms with E-state index in [-0.39, 0.29) is 0 Å². The van der Waals surface area contributed by atoms with E-state index < -0.39 is 15.6 Å². The highest BCUT2D eigenvalue weighted by Gasteiger charge is 2.34. The first-order valence-electron chi connectivity index (χ1n) is 4.51. The van der Waals surface area contributed by atoms with E-state index in [1.54, 1.807) is 18.5 Å². The molecule has 0 aromatic carbocycles. The molecule has 0 saturated carbocycles. The van der Waals surface area contributed by atoms with Crippen LogP contribution in [-0.2, 0) is 10.0 Å². The van der Waals surface area contributed by atoms with Crippen molar-refractivity contribution in [2.24, 2.45) is 0 Å². The molecule has 0 unspecified atom stereocenters. The minimum absolute atomic E-state index is 0.351. The van der Waals surface area contributed by atoms with Crippen LogP contribution in [0.3, 0.4) is 0 Å². The van der Waals surface area contributed by atoms with Gasteiger partial charge in [0.15, 0.2) is 0 Å². The van der Waals surface area contributed by atoms with Gasteiger partial charge in [-0.3, -0.25) is 0 Å². The molecule has 0 aliphatic carbocycles. The van der Waals surface area contributed by atoms with Crippen LogP contribution in [-0.4, -0.2) is 30.6 Å². The zero-order valence-corrected chi connectivity index (χ0v) is 14.0. The van der Waals surface area contributed by atoms with Crippen molar-refractivity contribution in [3.63, 3.8) is 0 Å². The number of thiophene rings is 1. The standard InChI is InChI=1S/C9H13Br2NO2S2/c1-9(2,6-10)12(3)16(13,14)8-7(11)4-5-15-8/h4-5H,6H2,1-3H3. The number of nitrogens with zero attached hydrogens (tertiary/aromatic N) is 1. The predicted octanol–water partition coefficient (Wildman–Crippen LogP) is 3.30. The fourth-order valence-corrected chi connectivity index (χ4v) is 5.52. The van der Waals surface area contributed by atoms with Gasteiger partial charge in [0.25, 0.3) is 10.0 Å². The molecule has 7 heteroatoms. The third kappa shape index (κ3) is 2.69. The van der Waals surface area contributed by atoms with Crippen LogP contribution in [0.25, 0.3) is 0 Å². The molecule has 1 aromatic heterocycles. The first-order chi connectivity index (χ1) is 7.23. The van der Waals surface area contributed by atoms with E-state index >= 15 is 0 Å². The smallest absolute Gasteiger partial charge is 0.206 e. The Morgan fingerprint density at radius 3 is 2.44 bits per heavy atom. The summed E-state index contributed by atoms with van der Waals surface area (Å²) in [5, 5.41) is 2.34. The second-order valence-corrected chi connectivity index (χ2v) is 8.47. The van der Waals surface area contributed by atoms with Gasteiger partial charge < -0.3 is 0 Å². The van der Waals surface area contributed by atoms with Crippen LogP contribution in [0.1, 0.15) is 13.8 Å². The monoisotopic (exact) mass is 389 g/mol. The summed E-state index contributed by atoms with van der Waals surface area (Å²) < 4.78 is 27.0. The molecule has 1 heterocycles. The minimum Gasteiger partial charge on any atom is -0.206 e. The van der Waals surface area contributed by atoms with Crippen molar-refractivity contribution >= 4 is 53.2 Å². The predicted molar refractivity (Wildman–Crippen MR) is 74.8 cm³/mol. The van der Waals surface area contributed by atoms with Gasteiger partial charge in [0, 0.05) is 22.4 Å². The molecular formula is C9H13Br2NO2S2. The maximum atomic E-state index is 12.3. The zero-order chi connectivity index (χ0) is 12.6. The fraction of sp³-hybridized carbons (Fsp3) is 0.556. The van der Waals surface area contributed by atoms with Crippen LogP contribution in [0.5, 0.6) is 0 Å². The first-order valence-corrected chi connectivity index (χ1v) is 8.75. The molecule has 0 N–H and O–H groups in total. The molecule has 0 bridgehead atoms. The lowest BCUT2D eigenvalue weighted by Gasteiger charge is -2.32. The van der Waals surface area contributed by atoms with Crippen LogP contribution in [0.2, 0.25) is 0 Å². The summed E-state index contributed by atoms with van der Waals surface area (Å²) in [4.78, 5) is 0. The van der Waals surface area contributed by atoms with Gasteiger partial charge in [-0.15, -0.1) is 11.3 Å². The Bertz CT molecular complexity index is 468. The van der Waals surface area contributed by atoms with E-state index in [0.717, 1.165) is 0 Å². The molecule has 1 rings (SSSR count). The van der Waals surface area contributed by atoms with E-state index in [0.29, 0.717) is 14.0 Å². The lowest BCUT2D eigenvalue weighted by atomic mass is 10.1. The van der Waals surface area contributed by atoms with E-state index in [9.17, 15) is 8.42 Å². The van der Waals surface area contributed by atoms with Gasteiger partial charge in [0.2, 0.25) is 0 Å². The number of rotatable bonds is 4. The Kier molecular flexibility index (Phi) is 4.62. The summed E-state index contributed by atoms with van der Waals surface area (Å²) in [6.45, 7) is 3.75. The molecule has 0 fully saturated rings. The highest BCUT2D eigenvalue weighted by atomic mass is 79.9. The Labute approximate surface area is 117 Å². The van der Waals surface area contributed by atoms with Gasteiger partial charge in [-0.1, -0.05) is 15.9 Å². The average Bonchev–Trinajstić information content (AvgIpc) is 2.63. The van der Waals surface area contributed by atoms with Gasteiger partial charge in [-0.05, 0) is 41.2 Å². The van der Waals surface area contributed by atoms with Crippen LogP contribution in [0.15, 0.2) is 20.1 Å². The number of alkyl halides is 1. The maximum absolute atomic E-state index is 12.3. The van der Waals surface area contributed by atoms with E-state index in [1.165, 1.54) is 15.6 Å². The summed E-state index contributed by atoms with van der Waals surface area (Å²) in [6, 6.07) is 1.74. The molecule has 92 valence electrons. The maximum Gasteiger partial charge on any atom is 0.253 e. The topological polar surface area (TPSA) is 37.4 Å². The van der Waals surface area contributed by atoms with Gasteiger partial charge in [-0.25, -0.2) is 8.42 Å². The molecule has 0 atom stereocenters. The number of hydrogen-bond acceptors (Lipinski definition) is 3. The quantitative estimate of drug-likeness (QED) is 0.739. The van der Waals surface area contributed by atoms with Crippen LogP contribution in [0.4, 0.5) is 0 Å². The van der Waals surface area contributed by atoms with E-state index in [4.69, 9.17) is 0 Å². The van der Waals surface area contributed by atoms with Crippen LogP contribution < -0.4 is 0 Å². The number of sulfonamides is 1. The van der Waals surface area contributed by atoms with Gasteiger partial charge in [0.05, 0.1) is 0 Å². The van der Waals surface area contributed by atoms with Gasteiger partial charge in [-0.2, -0.15) is 4.31 Å². The van der Waals surface area contributed by atoms with E-state index in [1.807, 2.05) is 13.8 Å². The Morgan fingerprint density at radius 1 is 1.50 bits per heavy atom. The molecule has 0 amide bonds. The molecule has 3 nitrogen and oxygen atoms in total. The first kappa shape index (κ1) is 14.6.